The van der Waals surface area contributed by atoms with Crippen LogP contribution in [0.15, 0.2) is 49.1 Å². The summed E-state index contributed by atoms with van der Waals surface area (Å²) in [5.74, 6) is 1.51. The number of hydrogen-bond donors (Lipinski definition) is 2. The molecule has 0 fully saturated rings. The fraction of sp³-hybridized carbons (Fsp3) is 0.481. The maximum absolute atomic E-state index is 13.1. The second-order valence-corrected chi connectivity index (χ2v) is 9.95. The molecule has 1 aromatic carbocycles. The van der Waals surface area contributed by atoms with Gasteiger partial charge in [-0.3, -0.25) is 19.2 Å². The van der Waals surface area contributed by atoms with Crippen LogP contribution in [0.4, 0.5) is 0 Å². The molecule has 0 radical (unpaired) electrons. The van der Waals surface area contributed by atoms with Crippen LogP contribution in [0, 0.1) is 5.92 Å². The van der Waals surface area contributed by atoms with E-state index < -0.39 is 6.04 Å². The molecule has 2 aromatic heterocycles. The van der Waals surface area contributed by atoms with E-state index in [1.807, 2.05) is 68.3 Å². The quantitative estimate of drug-likeness (QED) is 0.561. The third-order valence-electron chi connectivity index (χ3n) is 6.24. The lowest BCUT2D eigenvalue weighted by molar-refractivity contribution is -0.130. The number of imidazole rings is 1. The van der Waals surface area contributed by atoms with Gasteiger partial charge in [0.1, 0.15) is 17.6 Å². The number of aryl methyl sites for hydroxylation is 1. The molecule has 2 bridgehead atoms. The van der Waals surface area contributed by atoms with Gasteiger partial charge in [0.05, 0.1) is 19.3 Å². The van der Waals surface area contributed by atoms with Crippen molar-refractivity contribution in [2.75, 3.05) is 26.2 Å². The molecular formula is C27H37N7O3. The second kappa shape index (κ2) is 12.5. The van der Waals surface area contributed by atoms with E-state index >= 15 is 0 Å². The molecule has 198 valence electrons. The first-order valence-corrected chi connectivity index (χ1v) is 12.9. The van der Waals surface area contributed by atoms with Gasteiger partial charge in [-0.25, -0.2) is 4.98 Å². The number of rotatable bonds is 4. The number of ether oxygens (including phenoxy) is 1. The Hall–Kier alpha value is -3.66. The first kappa shape index (κ1) is 26.4. The Kier molecular flexibility index (Phi) is 8.95. The van der Waals surface area contributed by atoms with E-state index in [1.165, 1.54) is 0 Å². The van der Waals surface area contributed by atoms with Crippen LogP contribution >= 0.6 is 0 Å². The third kappa shape index (κ3) is 7.66. The number of nitrogens with zero attached hydrogens (tertiary/aromatic N) is 5. The smallest absolute Gasteiger partial charge is 0.242 e. The topological polar surface area (TPSA) is 106 Å². The third-order valence-corrected chi connectivity index (χ3v) is 6.24. The number of amides is 2. The van der Waals surface area contributed by atoms with E-state index in [4.69, 9.17) is 4.74 Å². The molecule has 1 aliphatic rings. The van der Waals surface area contributed by atoms with E-state index in [-0.39, 0.29) is 24.3 Å². The summed E-state index contributed by atoms with van der Waals surface area (Å²) in [7, 11) is 1.87. The summed E-state index contributed by atoms with van der Waals surface area (Å²) >= 11 is 0. The van der Waals surface area contributed by atoms with E-state index in [2.05, 4.69) is 25.6 Å². The monoisotopic (exact) mass is 507 g/mol. The van der Waals surface area contributed by atoms with Crippen LogP contribution in [-0.2, 0) is 29.7 Å². The number of nitrogens with one attached hydrogen (secondary N) is 2. The van der Waals surface area contributed by atoms with Gasteiger partial charge in [0, 0.05) is 62.9 Å². The van der Waals surface area contributed by atoms with Gasteiger partial charge in [-0.2, -0.15) is 5.10 Å². The number of carbonyl (C=O) groups excluding carboxylic acids is 2. The molecule has 2 N–H and O–H groups in total. The van der Waals surface area contributed by atoms with Crippen molar-refractivity contribution in [2.45, 2.75) is 45.8 Å². The SMILES string of the molecule is CC(C)C[C@H]1NC(=O)CN(Cc2cnn(C)c2)CCCOc2cccc(c2)-c2nccn2CCNC1=O. The standard InChI is InChI=1S/C27H37N7O3/c1-20(2)14-24-27(36)29-9-12-34-11-8-28-26(34)22-6-4-7-23(15-22)37-13-5-10-33(19-25(35)31-24)18-21-16-30-32(3)17-21/h4,6-8,11,15-17,20,24H,5,9-10,12-14,18-19H2,1-3H3,(H,29,36)(H,31,35)/t24-/m1/s1. The minimum absolute atomic E-state index is 0.168. The molecule has 0 saturated carbocycles. The number of benzene rings is 1. The Morgan fingerprint density at radius 1 is 1.22 bits per heavy atom. The Morgan fingerprint density at radius 2 is 2.08 bits per heavy atom. The van der Waals surface area contributed by atoms with Gasteiger partial charge in [0.2, 0.25) is 11.8 Å². The molecule has 3 heterocycles. The first-order valence-electron chi connectivity index (χ1n) is 12.9. The minimum Gasteiger partial charge on any atom is -0.494 e. The molecule has 0 spiro atoms. The highest BCUT2D eigenvalue weighted by molar-refractivity contribution is 5.88. The average molecular weight is 508 g/mol. The molecule has 10 heteroatoms. The maximum Gasteiger partial charge on any atom is 0.242 e. The van der Waals surface area contributed by atoms with Crippen molar-refractivity contribution in [3.8, 4) is 17.1 Å². The summed E-state index contributed by atoms with van der Waals surface area (Å²) in [4.78, 5) is 32.7. The number of aromatic nitrogens is 4. The van der Waals surface area contributed by atoms with Gasteiger partial charge in [0.25, 0.3) is 0 Å². The van der Waals surface area contributed by atoms with Gasteiger partial charge >= 0.3 is 0 Å². The van der Waals surface area contributed by atoms with Crippen LogP contribution in [0.5, 0.6) is 5.75 Å². The summed E-state index contributed by atoms with van der Waals surface area (Å²) in [6.45, 7) is 7.03. The van der Waals surface area contributed by atoms with Crippen molar-refractivity contribution < 1.29 is 14.3 Å². The molecular weight excluding hydrogens is 470 g/mol. The summed E-state index contributed by atoms with van der Waals surface area (Å²) in [6.07, 6.45) is 8.72. The maximum atomic E-state index is 13.1. The van der Waals surface area contributed by atoms with Crippen LogP contribution < -0.4 is 15.4 Å². The number of carbonyl (C=O) groups is 2. The normalized spacial score (nSPS) is 18.3. The summed E-state index contributed by atoms with van der Waals surface area (Å²) in [5, 5.41) is 10.2. The molecule has 10 nitrogen and oxygen atoms in total. The van der Waals surface area contributed by atoms with E-state index in [1.54, 1.807) is 10.9 Å². The van der Waals surface area contributed by atoms with E-state index in [0.717, 1.165) is 29.1 Å². The average Bonchev–Trinajstić information content (AvgIpc) is 3.49. The van der Waals surface area contributed by atoms with Gasteiger partial charge in [-0.1, -0.05) is 26.0 Å². The van der Waals surface area contributed by atoms with Gasteiger partial charge in [0.15, 0.2) is 0 Å². The van der Waals surface area contributed by atoms with Crippen molar-refractivity contribution in [1.82, 2.24) is 34.9 Å². The van der Waals surface area contributed by atoms with Crippen LogP contribution in [0.2, 0.25) is 0 Å². The fourth-order valence-electron chi connectivity index (χ4n) is 4.55. The molecule has 0 unspecified atom stereocenters. The lowest BCUT2D eigenvalue weighted by atomic mass is 10.0. The minimum atomic E-state index is -0.589. The molecule has 3 aromatic rings. The largest absolute Gasteiger partial charge is 0.494 e. The predicted octanol–water partition coefficient (Wildman–Crippen LogP) is 2.22. The molecule has 0 saturated heterocycles. The van der Waals surface area contributed by atoms with Crippen LogP contribution in [0.1, 0.15) is 32.3 Å². The highest BCUT2D eigenvalue weighted by Gasteiger charge is 2.23. The van der Waals surface area contributed by atoms with E-state index in [0.29, 0.717) is 39.2 Å². The van der Waals surface area contributed by atoms with Crippen molar-refractivity contribution in [1.29, 1.82) is 0 Å². The zero-order valence-corrected chi connectivity index (χ0v) is 21.9. The molecule has 1 aliphatic heterocycles. The Bertz CT molecular complexity index is 1190. The van der Waals surface area contributed by atoms with Gasteiger partial charge in [-0.05, 0) is 30.9 Å². The van der Waals surface area contributed by atoms with Crippen molar-refractivity contribution in [3.05, 3.63) is 54.6 Å². The van der Waals surface area contributed by atoms with Gasteiger partial charge < -0.3 is 19.9 Å². The Morgan fingerprint density at radius 3 is 2.86 bits per heavy atom. The molecule has 0 aliphatic carbocycles. The molecule has 37 heavy (non-hydrogen) atoms. The number of fused-ring (bicyclic) bond motifs is 4. The summed E-state index contributed by atoms with van der Waals surface area (Å²) in [5.41, 5.74) is 1.98. The van der Waals surface area contributed by atoms with E-state index in [9.17, 15) is 9.59 Å². The van der Waals surface area contributed by atoms with Gasteiger partial charge in [-0.15, -0.1) is 0 Å². The van der Waals surface area contributed by atoms with Crippen molar-refractivity contribution in [3.63, 3.8) is 0 Å². The van der Waals surface area contributed by atoms with Crippen LogP contribution in [0.3, 0.4) is 0 Å². The second-order valence-electron chi connectivity index (χ2n) is 9.95. The number of hydrogen-bond acceptors (Lipinski definition) is 6. The van der Waals surface area contributed by atoms with Crippen LogP contribution in [0.25, 0.3) is 11.4 Å². The summed E-state index contributed by atoms with van der Waals surface area (Å²) < 4.78 is 9.81. The molecule has 1 atom stereocenters. The fourth-order valence-corrected chi connectivity index (χ4v) is 4.55. The van der Waals surface area contributed by atoms with Crippen molar-refractivity contribution >= 4 is 11.8 Å². The molecule has 2 amide bonds. The zero-order valence-electron chi connectivity index (χ0n) is 21.9. The zero-order chi connectivity index (χ0) is 26.2. The Balaban J connectivity index is 1.54. The Labute approximate surface area is 218 Å². The molecule has 4 rings (SSSR count). The summed E-state index contributed by atoms with van der Waals surface area (Å²) in [6, 6.07) is 7.30. The highest BCUT2D eigenvalue weighted by atomic mass is 16.5. The lowest BCUT2D eigenvalue weighted by Gasteiger charge is -2.24. The first-order chi connectivity index (χ1) is 17.9. The predicted molar refractivity (Wildman–Crippen MR) is 141 cm³/mol. The van der Waals surface area contributed by atoms with Crippen molar-refractivity contribution in [2.24, 2.45) is 13.0 Å². The highest BCUT2D eigenvalue weighted by Crippen LogP contribution is 2.23. The van der Waals surface area contributed by atoms with Crippen LogP contribution in [-0.4, -0.2) is 68.3 Å². The lowest BCUT2D eigenvalue weighted by Crippen LogP contribution is -2.50.